The summed E-state index contributed by atoms with van der Waals surface area (Å²) in [7, 11) is 0. The lowest BCUT2D eigenvalue weighted by atomic mass is 9.69. The Labute approximate surface area is 361 Å². The maximum Gasteiger partial charge on any atom is 0.309 e. The number of aromatic hydroxyl groups is 1. The number of pyridine rings is 1. The molecule has 328 valence electrons. The van der Waals surface area contributed by atoms with E-state index in [1.807, 2.05) is 42.5 Å². The van der Waals surface area contributed by atoms with E-state index < -0.39 is 23.6 Å². The fourth-order valence-electron chi connectivity index (χ4n) is 11.4. The van der Waals surface area contributed by atoms with Crippen molar-refractivity contribution < 1.29 is 35.4 Å². The number of fused-ring (bicyclic) bond motifs is 1. The highest BCUT2D eigenvalue weighted by Crippen LogP contribution is 2.54. The number of phenols is 1. The van der Waals surface area contributed by atoms with Gasteiger partial charge in [-0.1, -0.05) is 87.6 Å². The Morgan fingerprint density at radius 2 is 1.69 bits per heavy atom. The van der Waals surface area contributed by atoms with E-state index in [0.717, 1.165) is 60.9 Å². The summed E-state index contributed by atoms with van der Waals surface area (Å²) in [6.45, 7) is 2.20. The molecule has 3 aliphatic carbocycles. The third-order valence-electron chi connectivity index (χ3n) is 14.4. The topological polar surface area (TPSA) is 196 Å². The van der Waals surface area contributed by atoms with Crippen LogP contribution in [0, 0.1) is 35.5 Å². The van der Waals surface area contributed by atoms with Gasteiger partial charge in [0.05, 0.1) is 29.4 Å². The lowest BCUT2D eigenvalue weighted by Gasteiger charge is -2.39. The molecule has 0 saturated heterocycles. The monoisotopic (exact) mass is 832 g/mol. The van der Waals surface area contributed by atoms with Crippen LogP contribution >= 0.6 is 0 Å². The number of anilines is 1. The number of phenolic OH excluding ortho intramolecular Hbond substituents is 1. The third kappa shape index (κ3) is 10.9. The van der Waals surface area contributed by atoms with Gasteiger partial charge in [-0.15, -0.1) is 5.75 Å². The number of aromatic amines is 1. The number of hydrogen-bond acceptors (Lipinski definition) is 8. The first-order valence-corrected chi connectivity index (χ1v) is 22.9. The molecule has 2 heterocycles. The van der Waals surface area contributed by atoms with Gasteiger partial charge in [0.15, 0.2) is 0 Å². The highest BCUT2D eigenvalue weighted by Gasteiger charge is 2.51. The molecule has 61 heavy (non-hydrogen) atoms. The highest BCUT2D eigenvalue weighted by molar-refractivity contribution is 5.83. The SMILES string of the molecule is CCCCC[C@@H]1C=C[C@@H](CCCC[C@H]2CC[C@@H](c3cc(-c4ccccc4)c(-c4cc([O-])cc(O)c4)[nH]3)[C@@H]3C[C@H](Cc4ccnc(N)c4)C[C@@]3(O)CC[C@H](O)[C@H]2C(=O)O)[C@H](O)C1. The molecule has 0 amide bonds. The number of aliphatic hydroxyl groups excluding tert-OH is 2. The number of unbranched alkanes of at least 4 members (excludes halogenated alkanes) is 3. The molecule has 2 aromatic carbocycles. The van der Waals surface area contributed by atoms with E-state index in [0.29, 0.717) is 55.1 Å². The van der Waals surface area contributed by atoms with E-state index in [9.17, 15) is 35.4 Å². The van der Waals surface area contributed by atoms with E-state index in [4.69, 9.17) is 5.73 Å². The number of nitrogens with one attached hydrogen (secondary N) is 1. The minimum atomic E-state index is -1.18. The number of nitrogens with zero attached hydrogens (tertiary/aromatic N) is 1. The second-order valence-corrected chi connectivity index (χ2v) is 18.7. The maximum atomic E-state index is 13.1. The van der Waals surface area contributed by atoms with E-state index in [1.54, 1.807) is 12.3 Å². The van der Waals surface area contributed by atoms with Crippen molar-refractivity contribution in [2.24, 2.45) is 35.5 Å². The van der Waals surface area contributed by atoms with Crippen LogP contribution in [0.25, 0.3) is 22.4 Å². The maximum absolute atomic E-state index is 13.1. The second kappa shape index (κ2) is 20.0. The predicted octanol–water partition coefficient (Wildman–Crippen LogP) is 9.13. The molecule has 0 unspecified atom stereocenters. The van der Waals surface area contributed by atoms with Gasteiger partial charge >= 0.3 is 5.97 Å². The number of aromatic nitrogens is 2. The van der Waals surface area contributed by atoms with Gasteiger partial charge in [0.25, 0.3) is 0 Å². The molecule has 3 aliphatic rings. The van der Waals surface area contributed by atoms with Crippen LogP contribution in [0.1, 0.15) is 120 Å². The van der Waals surface area contributed by atoms with Gasteiger partial charge in [-0.05, 0) is 136 Å². The number of carbonyl (C=O) groups is 1. The summed E-state index contributed by atoms with van der Waals surface area (Å²) < 4.78 is 0. The molecular formula is C51H66N3O7-. The lowest BCUT2D eigenvalue weighted by Crippen LogP contribution is -2.42. The van der Waals surface area contributed by atoms with Crippen molar-refractivity contribution in [3.63, 3.8) is 0 Å². The zero-order valence-corrected chi connectivity index (χ0v) is 35.7. The van der Waals surface area contributed by atoms with Gasteiger partial charge < -0.3 is 41.4 Å². The number of hydrogen-bond donors (Lipinski definition) is 7. The Morgan fingerprint density at radius 1 is 0.902 bits per heavy atom. The summed E-state index contributed by atoms with van der Waals surface area (Å²) in [4.78, 5) is 21.0. The van der Waals surface area contributed by atoms with Crippen molar-refractivity contribution in [2.75, 3.05) is 5.73 Å². The minimum Gasteiger partial charge on any atom is -0.872 e. The summed E-state index contributed by atoms with van der Waals surface area (Å²) in [5.74, 6) is -2.08. The summed E-state index contributed by atoms with van der Waals surface area (Å²) >= 11 is 0. The Hall–Kier alpha value is -4.64. The van der Waals surface area contributed by atoms with Crippen molar-refractivity contribution in [1.82, 2.24) is 9.97 Å². The number of nitrogen functional groups attached to an aromatic ring is 1. The van der Waals surface area contributed by atoms with Gasteiger partial charge in [0, 0.05) is 34.9 Å². The average Bonchev–Trinajstić information content (AvgIpc) is 3.81. The van der Waals surface area contributed by atoms with E-state index in [1.165, 1.54) is 31.4 Å². The summed E-state index contributed by atoms with van der Waals surface area (Å²) in [5, 5.41) is 69.5. The molecular weight excluding hydrogens is 767 g/mol. The van der Waals surface area contributed by atoms with Crippen molar-refractivity contribution in [3.8, 4) is 33.9 Å². The molecule has 0 radical (unpaired) electrons. The molecule has 8 N–H and O–H groups in total. The number of rotatable bonds is 15. The fraction of sp³-hybridized carbons (Fsp3) is 0.529. The third-order valence-corrected chi connectivity index (χ3v) is 14.4. The Morgan fingerprint density at radius 3 is 2.43 bits per heavy atom. The quantitative estimate of drug-likeness (QED) is 0.0451. The second-order valence-electron chi connectivity index (χ2n) is 18.7. The van der Waals surface area contributed by atoms with Gasteiger partial charge in [-0.25, -0.2) is 4.98 Å². The van der Waals surface area contributed by atoms with E-state index >= 15 is 0 Å². The van der Waals surface area contributed by atoms with Crippen molar-refractivity contribution >= 4 is 11.8 Å². The van der Waals surface area contributed by atoms with Gasteiger partial charge in [-0.2, -0.15) is 0 Å². The minimum absolute atomic E-state index is 0.0957. The number of carboxylic acid groups (broad SMARTS) is 1. The molecule has 10 atom stereocenters. The van der Waals surface area contributed by atoms with Gasteiger partial charge in [0.2, 0.25) is 0 Å². The Bertz CT molecular complexity index is 2060. The zero-order chi connectivity index (χ0) is 43.1. The molecule has 7 rings (SSSR count). The fourth-order valence-corrected chi connectivity index (χ4v) is 11.4. The molecule has 10 heteroatoms. The standard InChI is InChI=1S/C51H67N3O7/c1-2-3-5-10-32-15-16-36(46(58)25-32)13-8-9-14-37-17-18-41(44-30-42(35-11-6-4-7-12-35)49(54-44)38-27-39(55)29-40(56)28-38)43-24-34(23-33-20-22-53-47(52)26-33)31-51(43,61)21-19-45(57)48(37)50(59)60/h4,6-7,11-12,15-16,20,22,26-30,32,34,36-37,41,43,45-46,48,54-58,61H,2-3,5,8-10,13-14,17-19,21,23-25,31H2,1H3,(H2,52,53)(H,59,60)/p-1/t32-,34+,36-,37+,41-,43+,45+,46-,48+,51+/m1/s1. The van der Waals surface area contributed by atoms with E-state index in [-0.39, 0.29) is 60.0 Å². The molecule has 0 bridgehead atoms. The van der Waals surface area contributed by atoms with Crippen LogP contribution in [0.15, 0.2) is 85.1 Å². The Kier molecular flexibility index (Phi) is 14.6. The predicted molar refractivity (Wildman–Crippen MR) is 237 cm³/mol. The first-order valence-electron chi connectivity index (χ1n) is 22.9. The molecule has 0 spiro atoms. The van der Waals surface area contributed by atoms with E-state index in [2.05, 4.69) is 35.1 Å². The van der Waals surface area contributed by atoms with Crippen LogP contribution in [0.5, 0.6) is 11.5 Å². The largest absolute Gasteiger partial charge is 0.872 e. The molecule has 2 saturated carbocycles. The number of carboxylic acids is 1. The average molecular weight is 833 g/mol. The summed E-state index contributed by atoms with van der Waals surface area (Å²) in [5.41, 5.74) is 9.87. The zero-order valence-electron chi connectivity index (χ0n) is 35.7. The molecule has 10 nitrogen and oxygen atoms in total. The molecule has 4 aromatic rings. The number of aliphatic carboxylic acids is 1. The van der Waals surface area contributed by atoms with Crippen molar-refractivity contribution in [1.29, 1.82) is 0 Å². The number of nitrogens with two attached hydrogens (primary N) is 1. The molecule has 2 aromatic heterocycles. The van der Waals surface area contributed by atoms with Crippen LogP contribution in [-0.4, -0.2) is 59.3 Å². The first kappa shape index (κ1) is 44.4. The lowest BCUT2D eigenvalue weighted by molar-refractivity contribution is -0.268. The van der Waals surface area contributed by atoms with Crippen LogP contribution in [0.3, 0.4) is 0 Å². The summed E-state index contributed by atoms with van der Waals surface area (Å²) in [6.07, 6.45) is 16.8. The van der Waals surface area contributed by atoms with Crippen molar-refractivity contribution in [2.45, 2.75) is 133 Å². The normalized spacial score (nSPS) is 29.3. The Balaban J connectivity index is 1.19. The number of allylic oxidation sites excluding steroid dienone is 1. The number of benzene rings is 2. The summed E-state index contributed by atoms with van der Waals surface area (Å²) in [6, 6.07) is 20.1. The van der Waals surface area contributed by atoms with Crippen molar-refractivity contribution in [3.05, 3.63) is 96.3 Å². The molecule has 0 aliphatic heterocycles. The highest BCUT2D eigenvalue weighted by atomic mass is 16.4. The van der Waals surface area contributed by atoms with Crippen LogP contribution < -0.4 is 10.8 Å². The first-order chi connectivity index (χ1) is 29.4. The number of aliphatic hydroxyl groups is 3. The van der Waals surface area contributed by atoms with Gasteiger partial charge in [-0.3, -0.25) is 4.79 Å². The number of H-pyrrole nitrogens is 1. The van der Waals surface area contributed by atoms with Gasteiger partial charge in [0.1, 0.15) is 11.6 Å². The van der Waals surface area contributed by atoms with Crippen LogP contribution in [0.4, 0.5) is 5.82 Å². The smallest absolute Gasteiger partial charge is 0.309 e. The van der Waals surface area contributed by atoms with Crippen LogP contribution in [0.2, 0.25) is 0 Å². The molecule has 2 fully saturated rings. The van der Waals surface area contributed by atoms with Crippen LogP contribution in [-0.2, 0) is 11.2 Å².